The van der Waals surface area contributed by atoms with Gasteiger partial charge in [0.25, 0.3) is 0 Å². The third kappa shape index (κ3) is 3.11. The molecule has 2 unspecified atom stereocenters. The van der Waals surface area contributed by atoms with Gasteiger partial charge in [0.2, 0.25) is 0 Å². The van der Waals surface area contributed by atoms with Crippen LogP contribution in [0, 0.1) is 9.49 Å². The number of nitrogens with one attached hydrogen (secondary N) is 1. The molecule has 0 bridgehead atoms. The van der Waals surface area contributed by atoms with Gasteiger partial charge >= 0.3 is 0 Å². The average Bonchev–Trinajstić information content (AvgIpc) is 2.69. The van der Waals surface area contributed by atoms with Crippen LogP contribution in [0.25, 0.3) is 0 Å². The fourth-order valence-corrected chi connectivity index (χ4v) is 3.88. The van der Waals surface area contributed by atoms with Crippen LogP contribution in [0.4, 0.5) is 0 Å². The molecular weight excluding hydrogens is 317 g/mol. The summed E-state index contributed by atoms with van der Waals surface area (Å²) in [7, 11) is 2.08. The van der Waals surface area contributed by atoms with E-state index in [1.165, 1.54) is 27.1 Å². The second kappa shape index (κ2) is 5.55. The van der Waals surface area contributed by atoms with Crippen LogP contribution in [0.1, 0.15) is 5.56 Å². The number of hydrogen-bond donors (Lipinski definition) is 1. The van der Waals surface area contributed by atoms with E-state index in [-0.39, 0.29) is 0 Å². The van der Waals surface area contributed by atoms with Crippen molar-refractivity contribution in [3.05, 3.63) is 33.4 Å². The first kappa shape index (κ1) is 11.7. The van der Waals surface area contributed by atoms with Crippen molar-refractivity contribution in [3.63, 3.8) is 0 Å². The SMILES string of the molecule is CNC1CSCC1Cc1ccc(I)cc1. The normalized spacial score (nSPS) is 25.7. The molecule has 1 fully saturated rings. The summed E-state index contributed by atoms with van der Waals surface area (Å²) >= 11 is 4.43. The molecule has 1 saturated heterocycles. The van der Waals surface area contributed by atoms with Crippen LogP contribution in [0.2, 0.25) is 0 Å². The second-order valence-corrected chi connectivity index (χ2v) is 6.34. The molecule has 1 aliphatic heterocycles. The second-order valence-electron chi connectivity index (χ2n) is 4.02. The maximum absolute atomic E-state index is 3.42. The standard InChI is InChI=1S/C12H16INS/c1-14-12-8-15-7-10(12)6-9-2-4-11(13)5-3-9/h2-5,10,12,14H,6-8H2,1H3. The minimum absolute atomic E-state index is 0.703. The molecule has 1 nitrogen and oxygen atoms in total. The molecule has 1 aliphatic rings. The lowest BCUT2D eigenvalue weighted by molar-refractivity contribution is 0.453. The van der Waals surface area contributed by atoms with E-state index < -0.39 is 0 Å². The highest BCUT2D eigenvalue weighted by Gasteiger charge is 2.26. The van der Waals surface area contributed by atoms with Crippen LogP contribution in [0.3, 0.4) is 0 Å². The zero-order chi connectivity index (χ0) is 10.7. The van der Waals surface area contributed by atoms with Crippen LogP contribution in [0.5, 0.6) is 0 Å². The molecule has 1 heterocycles. The van der Waals surface area contributed by atoms with E-state index in [9.17, 15) is 0 Å². The number of rotatable bonds is 3. The summed E-state index contributed by atoms with van der Waals surface area (Å²) in [6, 6.07) is 9.63. The Hall–Kier alpha value is 0.260. The number of halogens is 1. The summed E-state index contributed by atoms with van der Waals surface area (Å²) in [6.45, 7) is 0. The van der Waals surface area contributed by atoms with Crippen molar-refractivity contribution in [2.45, 2.75) is 12.5 Å². The smallest absolute Gasteiger partial charge is 0.0194 e. The van der Waals surface area contributed by atoms with Gasteiger partial charge in [0.1, 0.15) is 0 Å². The molecule has 2 atom stereocenters. The van der Waals surface area contributed by atoms with Crippen molar-refractivity contribution in [3.8, 4) is 0 Å². The van der Waals surface area contributed by atoms with Crippen LogP contribution < -0.4 is 5.32 Å². The maximum Gasteiger partial charge on any atom is 0.0194 e. The van der Waals surface area contributed by atoms with Crippen molar-refractivity contribution in [2.75, 3.05) is 18.6 Å². The van der Waals surface area contributed by atoms with Gasteiger partial charge in [-0.15, -0.1) is 0 Å². The molecule has 15 heavy (non-hydrogen) atoms. The van der Waals surface area contributed by atoms with Gasteiger partial charge in [-0.25, -0.2) is 0 Å². The molecule has 1 aromatic rings. The predicted octanol–water partition coefficient (Wildman–Crippen LogP) is 2.78. The number of benzene rings is 1. The molecule has 0 amide bonds. The molecule has 82 valence electrons. The predicted molar refractivity (Wildman–Crippen MR) is 76.5 cm³/mol. The Labute approximate surface area is 110 Å². The largest absolute Gasteiger partial charge is 0.316 e. The molecule has 1 aromatic carbocycles. The Bertz CT molecular complexity index is 312. The summed E-state index contributed by atoms with van der Waals surface area (Å²) in [4.78, 5) is 0. The zero-order valence-corrected chi connectivity index (χ0v) is 11.8. The van der Waals surface area contributed by atoms with Crippen LogP contribution >= 0.6 is 34.4 Å². The summed E-state index contributed by atoms with van der Waals surface area (Å²) in [6.07, 6.45) is 1.22. The van der Waals surface area contributed by atoms with E-state index in [0.717, 1.165) is 5.92 Å². The van der Waals surface area contributed by atoms with Gasteiger partial charge in [-0.3, -0.25) is 0 Å². The fraction of sp³-hybridized carbons (Fsp3) is 0.500. The van der Waals surface area contributed by atoms with Gasteiger partial charge in [0.05, 0.1) is 0 Å². The van der Waals surface area contributed by atoms with Gasteiger partial charge in [-0.05, 0) is 65.4 Å². The minimum Gasteiger partial charge on any atom is -0.316 e. The van der Waals surface area contributed by atoms with E-state index in [0.29, 0.717) is 6.04 Å². The lowest BCUT2D eigenvalue weighted by Gasteiger charge is -2.17. The van der Waals surface area contributed by atoms with Crippen molar-refractivity contribution in [1.82, 2.24) is 5.32 Å². The van der Waals surface area contributed by atoms with Crippen molar-refractivity contribution >= 4 is 34.4 Å². The third-order valence-electron chi connectivity index (χ3n) is 2.98. The molecular formula is C12H16INS. The Morgan fingerprint density at radius 3 is 2.73 bits per heavy atom. The Balaban J connectivity index is 1.99. The Morgan fingerprint density at radius 1 is 1.33 bits per heavy atom. The van der Waals surface area contributed by atoms with E-state index in [1.54, 1.807) is 0 Å². The Kier molecular flexibility index (Phi) is 4.34. The minimum atomic E-state index is 0.703. The summed E-state index contributed by atoms with van der Waals surface area (Å²) in [5, 5.41) is 3.42. The van der Waals surface area contributed by atoms with E-state index in [2.05, 4.69) is 71.0 Å². The zero-order valence-electron chi connectivity index (χ0n) is 8.87. The van der Waals surface area contributed by atoms with Crippen molar-refractivity contribution < 1.29 is 0 Å². The van der Waals surface area contributed by atoms with Gasteiger partial charge in [0, 0.05) is 15.4 Å². The molecule has 2 rings (SSSR count). The molecule has 0 spiro atoms. The summed E-state index contributed by atoms with van der Waals surface area (Å²) in [5.41, 5.74) is 1.48. The topological polar surface area (TPSA) is 12.0 Å². The first-order valence-corrected chi connectivity index (χ1v) is 7.52. The van der Waals surface area contributed by atoms with Crippen LogP contribution in [-0.4, -0.2) is 24.6 Å². The number of hydrogen-bond acceptors (Lipinski definition) is 2. The molecule has 0 saturated carbocycles. The van der Waals surface area contributed by atoms with Gasteiger partial charge < -0.3 is 5.32 Å². The highest BCUT2D eigenvalue weighted by Crippen LogP contribution is 2.27. The first-order chi connectivity index (χ1) is 7.29. The molecule has 0 aliphatic carbocycles. The third-order valence-corrected chi connectivity index (χ3v) is 4.96. The van der Waals surface area contributed by atoms with Crippen LogP contribution in [-0.2, 0) is 6.42 Å². The van der Waals surface area contributed by atoms with E-state index in [1.807, 2.05) is 0 Å². The monoisotopic (exact) mass is 333 g/mol. The highest BCUT2D eigenvalue weighted by atomic mass is 127. The van der Waals surface area contributed by atoms with Crippen molar-refractivity contribution in [2.24, 2.45) is 5.92 Å². The lowest BCUT2D eigenvalue weighted by Crippen LogP contribution is -2.33. The van der Waals surface area contributed by atoms with Crippen LogP contribution in [0.15, 0.2) is 24.3 Å². The lowest BCUT2D eigenvalue weighted by atomic mass is 9.95. The van der Waals surface area contributed by atoms with Gasteiger partial charge in [0.15, 0.2) is 0 Å². The first-order valence-electron chi connectivity index (χ1n) is 5.29. The number of thioether (sulfide) groups is 1. The summed E-state index contributed by atoms with van der Waals surface area (Å²) < 4.78 is 1.32. The molecule has 3 heteroatoms. The maximum atomic E-state index is 3.42. The highest BCUT2D eigenvalue weighted by molar-refractivity contribution is 14.1. The van der Waals surface area contributed by atoms with E-state index >= 15 is 0 Å². The average molecular weight is 333 g/mol. The van der Waals surface area contributed by atoms with Gasteiger partial charge in [-0.2, -0.15) is 11.8 Å². The van der Waals surface area contributed by atoms with E-state index in [4.69, 9.17) is 0 Å². The van der Waals surface area contributed by atoms with Crippen molar-refractivity contribution in [1.29, 1.82) is 0 Å². The molecule has 0 radical (unpaired) electrons. The molecule has 1 N–H and O–H groups in total. The molecule has 0 aromatic heterocycles. The van der Waals surface area contributed by atoms with Gasteiger partial charge in [-0.1, -0.05) is 12.1 Å². The quantitative estimate of drug-likeness (QED) is 0.854. The summed E-state index contributed by atoms with van der Waals surface area (Å²) in [5.74, 6) is 3.38. The Morgan fingerprint density at radius 2 is 2.07 bits per heavy atom. The fourth-order valence-electron chi connectivity index (χ4n) is 2.04.